The summed E-state index contributed by atoms with van der Waals surface area (Å²) in [5.41, 5.74) is 1.29. The minimum atomic E-state index is 0.0264. The summed E-state index contributed by atoms with van der Waals surface area (Å²) in [6, 6.07) is 2.14. The first-order valence-electron chi connectivity index (χ1n) is 7.79. The SMILES string of the molecule is CC(C)CC(CCO)CNC(=O)N1CCc2sccc2C1. The van der Waals surface area contributed by atoms with Gasteiger partial charge in [-0.25, -0.2) is 4.79 Å². The molecule has 0 fully saturated rings. The van der Waals surface area contributed by atoms with E-state index in [1.807, 2.05) is 4.90 Å². The van der Waals surface area contributed by atoms with E-state index in [-0.39, 0.29) is 12.6 Å². The fraction of sp³-hybridized carbons (Fsp3) is 0.688. The van der Waals surface area contributed by atoms with Gasteiger partial charge in [0.25, 0.3) is 0 Å². The van der Waals surface area contributed by atoms with Gasteiger partial charge in [-0.1, -0.05) is 13.8 Å². The third-order valence-electron chi connectivity index (χ3n) is 3.98. The topological polar surface area (TPSA) is 52.6 Å². The highest BCUT2D eigenvalue weighted by Crippen LogP contribution is 2.24. The Morgan fingerprint density at radius 2 is 2.33 bits per heavy atom. The van der Waals surface area contributed by atoms with Crippen LogP contribution in [0.4, 0.5) is 4.79 Å². The zero-order valence-corrected chi connectivity index (χ0v) is 13.8. The highest BCUT2D eigenvalue weighted by Gasteiger charge is 2.22. The Hall–Kier alpha value is -1.07. The molecule has 2 N–H and O–H groups in total. The number of hydrogen-bond acceptors (Lipinski definition) is 3. The summed E-state index contributed by atoms with van der Waals surface area (Å²) >= 11 is 1.78. The molecule has 5 heteroatoms. The van der Waals surface area contributed by atoms with Crippen LogP contribution in [0.15, 0.2) is 11.4 Å². The van der Waals surface area contributed by atoms with Crippen molar-refractivity contribution < 1.29 is 9.90 Å². The molecule has 1 aromatic rings. The number of aliphatic hydroxyl groups is 1. The van der Waals surface area contributed by atoms with Gasteiger partial charge < -0.3 is 15.3 Å². The summed E-state index contributed by atoms with van der Waals surface area (Å²) in [6.45, 7) is 6.72. The van der Waals surface area contributed by atoms with Crippen LogP contribution in [0, 0.1) is 11.8 Å². The zero-order valence-electron chi connectivity index (χ0n) is 13.0. The average Bonchev–Trinajstić information content (AvgIpc) is 2.91. The molecule has 21 heavy (non-hydrogen) atoms. The van der Waals surface area contributed by atoms with Gasteiger partial charge >= 0.3 is 6.03 Å². The van der Waals surface area contributed by atoms with Crippen molar-refractivity contribution in [3.05, 3.63) is 21.9 Å². The number of aliphatic hydroxyl groups excluding tert-OH is 1. The van der Waals surface area contributed by atoms with Crippen LogP contribution in [0.5, 0.6) is 0 Å². The Labute approximate surface area is 131 Å². The van der Waals surface area contributed by atoms with Gasteiger partial charge in [-0.05, 0) is 48.1 Å². The second-order valence-electron chi connectivity index (χ2n) is 6.23. The molecule has 2 heterocycles. The number of carbonyl (C=O) groups excluding carboxylic acids is 1. The largest absolute Gasteiger partial charge is 0.396 e. The van der Waals surface area contributed by atoms with Crippen molar-refractivity contribution in [1.82, 2.24) is 10.2 Å². The molecule has 2 amide bonds. The molecule has 0 spiro atoms. The van der Waals surface area contributed by atoms with Gasteiger partial charge in [0.05, 0.1) is 0 Å². The molecule has 0 aliphatic carbocycles. The zero-order chi connectivity index (χ0) is 15.2. The number of thiophene rings is 1. The van der Waals surface area contributed by atoms with E-state index >= 15 is 0 Å². The Kier molecular flexibility index (Phi) is 6.06. The van der Waals surface area contributed by atoms with E-state index < -0.39 is 0 Å². The molecule has 0 saturated carbocycles. The molecule has 1 unspecified atom stereocenters. The molecule has 0 aromatic carbocycles. The summed E-state index contributed by atoms with van der Waals surface area (Å²) in [5.74, 6) is 0.947. The first-order chi connectivity index (χ1) is 10.1. The second-order valence-corrected chi connectivity index (χ2v) is 7.24. The van der Waals surface area contributed by atoms with Crippen LogP contribution in [-0.4, -0.2) is 35.7 Å². The minimum absolute atomic E-state index is 0.0264. The lowest BCUT2D eigenvalue weighted by Gasteiger charge is -2.28. The number of amides is 2. The molecular formula is C16H26N2O2S. The second kappa shape index (κ2) is 7.80. The lowest BCUT2D eigenvalue weighted by molar-refractivity contribution is 0.186. The number of nitrogens with one attached hydrogen (secondary N) is 1. The predicted molar refractivity (Wildman–Crippen MR) is 86.5 cm³/mol. The van der Waals surface area contributed by atoms with Gasteiger partial charge in [-0.15, -0.1) is 11.3 Å². The smallest absolute Gasteiger partial charge is 0.317 e. The summed E-state index contributed by atoms with van der Waals surface area (Å²) in [5, 5.41) is 14.3. The normalized spacial score (nSPS) is 15.9. The van der Waals surface area contributed by atoms with Gasteiger partial charge in [0.2, 0.25) is 0 Å². The van der Waals surface area contributed by atoms with Crippen LogP contribution in [0.1, 0.15) is 37.1 Å². The maximum absolute atomic E-state index is 12.3. The number of urea groups is 1. The predicted octanol–water partition coefficient (Wildman–Crippen LogP) is 2.86. The van der Waals surface area contributed by atoms with E-state index in [0.29, 0.717) is 18.4 Å². The van der Waals surface area contributed by atoms with Crippen molar-refractivity contribution in [2.24, 2.45) is 11.8 Å². The van der Waals surface area contributed by atoms with Crippen LogP contribution >= 0.6 is 11.3 Å². The Balaban J connectivity index is 1.81. The van der Waals surface area contributed by atoms with Gasteiger partial charge in [-0.3, -0.25) is 0 Å². The molecule has 1 aromatic heterocycles. The van der Waals surface area contributed by atoms with Crippen LogP contribution in [0.25, 0.3) is 0 Å². The summed E-state index contributed by atoms with van der Waals surface area (Å²) < 4.78 is 0. The standard InChI is InChI=1S/C16H26N2O2S/c1-12(2)9-13(4-7-19)10-17-16(20)18-6-3-15-14(11-18)5-8-21-15/h5,8,12-13,19H,3-4,6-7,9-11H2,1-2H3,(H,17,20). The number of fused-ring (bicyclic) bond motifs is 1. The van der Waals surface area contributed by atoms with Crippen LogP contribution in [0.2, 0.25) is 0 Å². The third-order valence-corrected chi connectivity index (χ3v) is 5.00. The maximum Gasteiger partial charge on any atom is 0.317 e. The van der Waals surface area contributed by atoms with Gasteiger partial charge in [-0.2, -0.15) is 0 Å². The van der Waals surface area contributed by atoms with E-state index in [2.05, 4.69) is 30.6 Å². The molecule has 0 saturated heterocycles. The van der Waals surface area contributed by atoms with Crippen LogP contribution in [0.3, 0.4) is 0 Å². The highest BCUT2D eigenvalue weighted by atomic mass is 32.1. The van der Waals surface area contributed by atoms with Crippen molar-refractivity contribution in [3.8, 4) is 0 Å². The van der Waals surface area contributed by atoms with Gasteiger partial charge in [0.15, 0.2) is 0 Å². The van der Waals surface area contributed by atoms with Crippen molar-refractivity contribution >= 4 is 17.4 Å². The first kappa shape index (κ1) is 16.3. The Morgan fingerprint density at radius 3 is 3.05 bits per heavy atom. The molecule has 118 valence electrons. The van der Waals surface area contributed by atoms with Gasteiger partial charge in [0, 0.05) is 31.1 Å². The van der Waals surface area contributed by atoms with Crippen molar-refractivity contribution in [1.29, 1.82) is 0 Å². The number of carbonyl (C=O) groups is 1. The number of nitrogens with zero attached hydrogens (tertiary/aromatic N) is 1. The molecule has 1 atom stereocenters. The lowest BCUT2D eigenvalue weighted by atomic mass is 9.94. The summed E-state index contributed by atoms with van der Waals surface area (Å²) in [6.07, 6.45) is 2.76. The molecule has 2 rings (SSSR count). The fourth-order valence-electron chi connectivity index (χ4n) is 2.92. The maximum atomic E-state index is 12.3. The molecule has 1 aliphatic heterocycles. The van der Waals surface area contributed by atoms with E-state index in [1.54, 1.807) is 11.3 Å². The Morgan fingerprint density at radius 1 is 1.52 bits per heavy atom. The van der Waals surface area contributed by atoms with E-state index in [4.69, 9.17) is 5.11 Å². The van der Waals surface area contributed by atoms with Crippen molar-refractivity contribution in [3.63, 3.8) is 0 Å². The molecule has 1 aliphatic rings. The molecular weight excluding hydrogens is 284 g/mol. The summed E-state index contributed by atoms with van der Waals surface area (Å²) in [7, 11) is 0. The van der Waals surface area contributed by atoms with E-state index in [9.17, 15) is 4.79 Å². The number of hydrogen-bond donors (Lipinski definition) is 2. The van der Waals surface area contributed by atoms with E-state index in [1.165, 1.54) is 10.4 Å². The molecule has 0 bridgehead atoms. The van der Waals surface area contributed by atoms with Crippen molar-refractivity contribution in [2.75, 3.05) is 19.7 Å². The van der Waals surface area contributed by atoms with E-state index in [0.717, 1.165) is 32.4 Å². The van der Waals surface area contributed by atoms with Gasteiger partial charge in [0.1, 0.15) is 0 Å². The molecule has 4 nitrogen and oxygen atoms in total. The lowest BCUT2D eigenvalue weighted by Crippen LogP contribution is -2.44. The Bertz CT molecular complexity index is 459. The van der Waals surface area contributed by atoms with Crippen LogP contribution in [-0.2, 0) is 13.0 Å². The highest BCUT2D eigenvalue weighted by molar-refractivity contribution is 7.10. The third kappa shape index (κ3) is 4.71. The first-order valence-corrected chi connectivity index (χ1v) is 8.67. The fourth-order valence-corrected chi connectivity index (χ4v) is 3.81. The average molecular weight is 310 g/mol. The quantitative estimate of drug-likeness (QED) is 0.849. The van der Waals surface area contributed by atoms with Crippen molar-refractivity contribution in [2.45, 2.75) is 39.7 Å². The minimum Gasteiger partial charge on any atom is -0.396 e. The van der Waals surface area contributed by atoms with Crippen LogP contribution < -0.4 is 5.32 Å². The summed E-state index contributed by atoms with van der Waals surface area (Å²) in [4.78, 5) is 15.6. The monoisotopic (exact) mass is 310 g/mol. The number of rotatable bonds is 6. The molecule has 0 radical (unpaired) electrons.